The minimum Gasteiger partial charge on any atom is -0.493 e. The smallest absolute Gasteiger partial charge is 0.161 e. The molecule has 2 unspecified atom stereocenters. The van der Waals surface area contributed by atoms with Gasteiger partial charge in [-0.05, 0) is 42.0 Å². The van der Waals surface area contributed by atoms with Gasteiger partial charge in [-0.1, -0.05) is 13.8 Å². The number of Topliss-reactive ketones (excluding diaryl/α,β-unsaturated/α-hetero) is 1. The molecule has 3 rings (SSSR count). The maximum atomic E-state index is 13.1. The number of piperidine rings is 1. The largest absolute Gasteiger partial charge is 0.493 e. The molecule has 1 fully saturated rings. The van der Waals surface area contributed by atoms with E-state index in [2.05, 4.69) is 0 Å². The molecule has 4 heteroatoms. The minimum atomic E-state index is -2.34. The third-order valence-corrected chi connectivity index (χ3v) is 4.38. The standard InChI is InChI=1S/C19H27NO3/c1-12(2)7-14-11-20-6-5-13-8-18(22-3)19(23-4)9-15(13)16(20)10-17(14)21/h8-9,12,14,16H,5-7,10-11H2,1-4H3/i8D,9D,10D2,14D. The van der Waals surface area contributed by atoms with Crippen molar-refractivity contribution in [1.82, 2.24) is 4.90 Å². The van der Waals surface area contributed by atoms with Gasteiger partial charge in [0.25, 0.3) is 0 Å². The molecule has 0 aromatic heterocycles. The predicted molar refractivity (Wildman–Crippen MR) is 90.1 cm³/mol. The Kier molecular flexibility index (Phi) is 3.14. The lowest BCUT2D eigenvalue weighted by atomic mass is 9.80. The number of rotatable bonds is 4. The fraction of sp³-hybridized carbons (Fsp3) is 0.632. The Morgan fingerprint density at radius 2 is 2.09 bits per heavy atom. The van der Waals surface area contributed by atoms with Gasteiger partial charge in [-0.2, -0.15) is 0 Å². The third kappa shape index (κ3) is 3.09. The van der Waals surface area contributed by atoms with Gasteiger partial charge in [-0.3, -0.25) is 9.69 Å². The molecular weight excluding hydrogens is 290 g/mol. The highest BCUT2D eigenvalue weighted by Gasteiger charge is 2.38. The molecule has 23 heavy (non-hydrogen) atoms. The Balaban J connectivity index is 2.19. The maximum Gasteiger partial charge on any atom is 0.161 e. The van der Waals surface area contributed by atoms with Gasteiger partial charge in [0.2, 0.25) is 0 Å². The van der Waals surface area contributed by atoms with E-state index in [9.17, 15) is 4.79 Å². The van der Waals surface area contributed by atoms with Crippen LogP contribution in [-0.4, -0.2) is 38.0 Å². The molecule has 2 heterocycles. The molecule has 0 radical (unpaired) electrons. The number of carbonyl (C=O) groups excluding carboxylic acids is 1. The van der Waals surface area contributed by atoms with Gasteiger partial charge < -0.3 is 9.47 Å². The molecule has 2 atom stereocenters. The zero-order valence-electron chi connectivity index (χ0n) is 19.2. The number of fused-ring (bicyclic) bond motifs is 3. The Labute approximate surface area is 145 Å². The lowest BCUT2D eigenvalue weighted by molar-refractivity contribution is -0.129. The van der Waals surface area contributed by atoms with Crippen LogP contribution in [0.15, 0.2) is 12.1 Å². The number of ether oxygens (including phenoxy) is 2. The number of ketones is 1. The van der Waals surface area contributed by atoms with Crippen LogP contribution in [0.1, 0.15) is 50.7 Å². The highest BCUT2D eigenvalue weighted by molar-refractivity contribution is 5.83. The second-order valence-corrected chi connectivity index (χ2v) is 6.51. The maximum absolute atomic E-state index is 13.1. The molecule has 0 bridgehead atoms. The van der Waals surface area contributed by atoms with E-state index in [1.807, 2.05) is 13.8 Å². The SMILES string of the molecule is [2H]c1c2c(c([2H])c(OC)c1OC)C1N(CC2)CC([2H])(CC(C)C)C(=O)C1([2H])[2H]. The Morgan fingerprint density at radius 1 is 1.39 bits per heavy atom. The quantitative estimate of drug-likeness (QED) is 0.853. The monoisotopic (exact) mass is 322 g/mol. The van der Waals surface area contributed by atoms with Crippen molar-refractivity contribution in [3.63, 3.8) is 0 Å². The zero-order valence-corrected chi connectivity index (χ0v) is 14.2. The topological polar surface area (TPSA) is 38.8 Å². The molecular formula is C19H27NO3. The molecule has 4 nitrogen and oxygen atoms in total. The van der Waals surface area contributed by atoms with Crippen LogP contribution < -0.4 is 9.47 Å². The molecule has 0 aliphatic carbocycles. The molecule has 2 aliphatic rings. The van der Waals surface area contributed by atoms with Gasteiger partial charge in [0.15, 0.2) is 11.5 Å². The third-order valence-electron chi connectivity index (χ3n) is 4.38. The number of hydrogen-bond donors (Lipinski definition) is 0. The van der Waals surface area contributed by atoms with Crippen molar-refractivity contribution in [3.8, 4) is 11.5 Å². The lowest BCUT2D eigenvalue weighted by Crippen LogP contribution is -2.46. The first-order valence-corrected chi connectivity index (χ1v) is 8.02. The summed E-state index contributed by atoms with van der Waals surface area (Å²) in [7, 11) is 2.78. The predicted octanol–water partition coefficient (Wildman–Crippen LogP) is 3.24. The second-order valence-electron chi connectivity index (χ2n) is 6.51. The van der Waals surface area contributed by atoms with E-state index in [0.717, 1.165) is 0 Å². The molecule has 1 aromatic carbocycles. The molecule has 0 amide bonds. The first-order valence-electron chi connectivity index (χ1n) is 10.5. The number of nitrogens with zero attached hydrogens (tertiary/aromatic N) is 1. The normalized spacial score (nSPS) is 32.8. The summed E-state index contributed by atoms with van der Waals surface area (Å²) < 4.78 is 53.6. The Morgan fingerprint density at radius 3 is 2.74 bits per heavy atom. The number of methoxy groups -OCH3 is 2. The average Bonchev–Trinajstić information content (AvgIpc) is 2.61. The van der Waals surface area contributed by atoms with Crippen molar-refractivity contribution >= 4 is 5.78 Å². The first-order chi connectivity index (χ1) is 13.0. The average molecular weight is 322 g/mol. The summed E-state index contributed by atoms with van der Waals surface area (Å²) in [4.78, 5) is 14.9. The van der Waals surface area contributed by atoms with Crippen molar-refractivity contribution in [3.05, 3.63) is 23.2 Å². The molecule has 0 spiro atoms. The molecule has 2 aliphatic heterocycles. The summed E-state index contributed by atoms with van der Waals surface area (Å²) in [6.07, 6.45) is -1.63. The van der Waals surface area contributed by atoms with Gasteiger partial charge in [-0.15, -0.1) is 0 Å². The molecule has 1 aromatic rings. The zero-order chi connectivity index (χ0) is 21.0. The van der Waals surface area contributed by atoms with E-state index >= 15 is 0 Å². The van der Waals surface area contributed by atoms with E-state index in [1.54, 1.807) is 4.90 Å². The van der Waals surface area contributed by atoms with Gasteiger partial charge in [0.05, 0.1) is 17.0 Å². The molecule has 0 saturated carbocycles. The van der Waals surface area contributed by atoms with Crippen molar-refractivity contribution in [2.75, 3.05) is 27.3 Å². The fourth-order valence-electron chi connectivity index (χ4n) is 3.33. The summed E-state index contributed by atoms with van der Waals surface area (Å²) in [5.41, 5.74) is 0.820. The lowest BCUT2D eigenvalue weighted by Gasteiger charge is -2.43. The van der Waals surface area contributed by atoms with Crippen LogP contribution in [0.5, 0.6) is 11.5 Å². The Bertz CT molecular complexity index is 813. The van der Waals surface area contributed by atoms with Crippen molar-refractivity contribution in [2.24, 2.45) is 11.8 Å². The van der Waals surface area contributed by atoms with Crippen LogP contribution in [-0.2, 0) is 11.2 Å². The van der Waals surface area contributed by atoms with Crippen LogP contribution in [0.2, 0.25) is 0 Å². The number of benzene rings is 1. The highest BCUT2D eigenvalue weighted by atomic mass is 16.5. The number of hydrogen-bond acceptors (Lipinski definition) is 4. The van der Waals surface area contributed by atoms with Gasteiger partial charge >= 0.3 is 0 Å². The van der Waals surface area contributed by atoms with E-state index < -0.39 is 24.1 Å². The summed E-state index contributed by atoms with van der Waals surface area (Å²) >= 11 is 0. The summed E-state index contributed by atoms with van der Waals surface area (Å²) in [5.74, 6) is -1.96. The molecule has 1 saturated heterocycles. The van der Waals surface area contributed by atoms with Crippen LogP contribution in [0.3, 0.4) is 0 Å². The Hall–Kier alpha value is -1.55. The van der Waals surface area contributed by atoms with Crippen molar-refractivity contribution in [1.29, 1.82) is 0 Å². The van der Waals surface area contributed by atoms with Crippen LogP contribution in [0, 0.1) is 11.8 Å². The number of carbonyl (C=O) groups is 1. The first kappa shape index (κ1) is 11.1. The minimum absolute atomic E-state index is 0.0573. The second kappa shape index (κ2) is 6.52. The van der Waals surface area contributed by atoms with E-state index in [0.29, 0.717) is 24.1 Å². The van der Waals surface area contributed by atoms with Gasteiger partial charge in [0, 0.05) is 35.5 Å². The molecule has 126 valence electrons. The van der Waals surface area contributed by atoms with E-state index in [4.69, 9.17) is 16.3 Å². The van der Waals surface area contributed by atoms with Crippen LogP contribution in [0.25, 0.3) is 0 Å². The van der Waals surface area contributed by atoms with Crippen LogP contribution >= 0.6 is 0 Å². The summed E-state index contributed by atoms with van der Waals surface area (Å²) in [5, 5.41) is 0. The van der Waals surface area contributed by atoms with Crippen LogP contribution in [0.4, 0.5) is 0 Å². The summed E-state index contributed by atoms with van der Waals surface area (Å²) in [6, 6.07) is -0.998. The molecule has 0 N–H and O–H groups in total. The van der Waals surface area contributed by atoms with Gasteiger partial charge in [-0.25, -0.2) is 0 Å². The van der Waals surface area contributed by atoms with Crippen molar-refractivity contribution in [2.45, 2.75) is 39.1 Å². The van der Waals surface area contributed by atoms with Crippen molar-refractivity contribution < 1.29 is 21.1 Å². The van der Waals surface area contributed by atoms with E-state index in [1.165, 1.54) is 14.2 Å². The van der Waals surface area contributed by atoms with E-state index in [-0.39, 0.29) is 42.5 Å². The van der Waals surface area contributed by atoms with Gasteiger partial charge in [0.1, 0.15) is 5.78 Å². The fourth-order valence-corrected chi connectivity index (χ4v) is 3.33. The highest BCUT2D eigenvalue weighted by Crippen LogP contribution is 2.42. The summed E-state index contributed by atoms with van der Waals surface area (Å²) in [6.45, 7) is 4.38.